The Hall–Kier alpha value is -1.38. The summed E-state index contributed by atoms with van der Waals surface area (Å²) >= 11 is 3.08. The van der Waals surface area contributed by atoms with E-state index in [2.05, 4.69) is 15.6 Å². The van der Waals surface area contributed by atoms with Gasteiger partial charge in [0.15, 0.2) is 5.13 Å². The van der Waals surface area contributed by atoms with Crippen LogP contribution in [0.4, 0.5) is 10.8 Å². The van der Waals surface area contributed by atoms with E-state index in [4.69, 9.17) is 0 Å². The van der Waals surface area contributed by atoms with Crippen LogP contribution in [0.25, 0.3) is 9.53 Å². The van der Waals surface area contributed by atoms with Crippen molar-refractivity contribution in [2.45, 2.75) is 18.9 Å². The third-order valence-corrected chi connectivity index (χ3v) is 6.58. The summed E-state index contributed by atoms with van der Waals surface area (Å²) in [6.45, 7) is 1.65. The van der Waals surface area contributed by atoms with Crippen LogP contribution in [0.15, 0.2) is 36.4 Å². The number of amides is 1. The zero-order chi connectivity index (χ0) is 17.2. The molecule has 3 aromatic rings. The van der Waals surface area contributed by atoms with E-state index >= 15 is 0 Å². The van der Waals surface area contributed by atoms with Crippen molar-refractivity contribution in [3.05, 3.63) is 41.3 Å². The molecule has 4 rings (SSSR count). The molecular formula is C18H22Cl2N4OS2. The molecule has 1 amide bonds. The van der Waals surface area contributed by atoms with E-state index in [1.54, 1.807) is 11.3 Å². The number of hydrogen-bond donors (Lipinski definition) is 2. The van der Waals surface area contributed by atoms with Crippen LogP contribution in [0.2, 0.25) is 0 Å². The van der Waals surface area contributed by atoms with Crippen LogP contribution in [0.5, 0.6) is 0 Å². The summed E-state index contributed by atoms with van der Waals surface area (Å²) in [5, 5.41) is 7.47. The van der Waals surface area contributed by atoms with Crippen molar-refractivity contribution >= 4 is 73.7 Å². The van der Waals surface area contributed by atoms with Crippen molar-refractivity contribution in [2.75, 3.05) is 25.5 Å². The molecule has 0 bridgehead atoms. The monoisotopic (exact) mass is 444 g/mol. The number of para-hydroxylation sites is 1. The van der Waals surface area contributed by atoms with Crippen molar-refractivity contribution in [3.8, 4) is 0 Å². The number of thiophene rings is 1. The summed E-state index contributed by atoms with van der Waals surface area (Å²) in [4.78, 5) is 21.0. The average molecular weight is 445 g/mol. The fourth-order valence-electron chi connectivity index (χ4n) is 3.07. The van der Waals surface area contributed by atoms with Crippen LogP contribution < -0.4 is 10.6 Å². The van der Waals surface area contributed by atoms with Crippen molar-refractivity contribution in [3.63, 3.8) is 0 Å². The standard InChI is InChI=1S/C18H20N4OS2.2ClH/c1-19-12-7-9-22(10-8-12)17(23)15-11-14-16(24-15)21-18(25-14)20-13-5-3-2-4-6-13;;/h2-6,11-12,19H,7-10H2,1H3,(H,20,21);2*1H. The second-order valence-electron chi connectivity index (χ2n) is 6.15. The third-order valence-electron chi connectivity index (χ3n) is 4.52. The molecule has 1 aliphatic rings. The molecule has 0 atom stereocenters. The molecule has 0 unspecified atom stereocenters. The summed E-state index contributed by atoms with van der Waals surface area (Å²) in [7, 11) is 1.99. The topological polar surface area (TPSA) is 57.3 Å². The number of thiazole rings is 1. The van der Waals surface area contributed by atoms with Gasteiger partial charge in [-0.1, -0.05) is 29.5 Å². The first-order chi connectivity index (χ1) is 12.2. The van der Waals surface area contributed by atoms with Crippen molar-refractivity contribution in [1.82, 2.24) is 15.2 Å². The quantitative estimate of drug-likeness (QED) is 0.608. The van der Waals surface area contributed by atoms with E-state index in [1.165, 1.54) is 11.3 Å². The minimum atomic E-state index is 0. The number of aromatic nitrogens is 1. The van der Waals surface area contributed by atoms with Crippen LogP contribution >= 0.6 is 47.5 Å². The Morgan fingerprint density at radius 2 is 1.85 bits per heavy atom. The number of fused-ring (bicyclic) bond motifs is 1. The van der Waals surface area contributed by atoms with Gasteiger partial charge in [-0.2, -0.15) is 0 Å². The molecule has 0 aliphatic carbocycles. The van der Waals surface area contributed by atoms with E-state index < -0.39 is 0 Å². The number of rotatable bonds is 4. The van der Waals surface area contributed by atoms with E-state index in [0.29, 0.717) is 6.04 Å². The zero-order valence-electron chi connectivity index (χ0n) is 14.8. The van der Waals surface area contributed by atoms with Gasteiger partial charge in [-0.05, 0) is 38.1 Å². The highest BCUT2D eigenvalue weighted by Crippen LogP contribution is 2.34. The average Bonchev–Trinajstić information content (AvgIpc) is 3.20. The van der Waals surface area contributed by atoms with Gasteiger partial charge >= 0.3 is 0 Å². The second kappa shape index (κ2) is 9.71. The minimum absolute atomic E-state index is 0. The smallest absolute Gasteiger partial charge is 0.264 e. The lowest BCUT2D eigenvalue weighted by Crippen LogP contribution is -2.43. The summed E-state index contributed by atoms with van der Waals surface area (Å²) in [5.41, 5.74) is 1.02. The Labute approximate surface area is 179 Å². The van der Waals surface area contributed by atoms with Crippen LogP contribution in [0.1, 0.15) is 22.5 Å². The highest BCUT2D eigenvalue weighted by Gasteiger charge is 2.24. The maximum Gasteiger partial charge on any atom is 0.264 e. The molecule has 1 aromatic carbocycles. The van der Waals surface area contributed by atoms with Crippen molar-refractivity contribution in [2.24, 2.45) is 0 Å². The molecule has 1 aliphatic heterocycles. The van der Waals surface area contributed by atoms with Gasteiger partial charge in [0.1, 0.15) is 4.83 Å². The van der Waals surface area contributed by atoms with Gasteiger partial charge in [0.25, 0.3) is 5.91 Å². The molecule has 9 heteroatoms. The minimum Gasteiger partial charge on any atom is -0.338 e. The molecule has 0 saturated carbocycles. The number of piperidine rings is 1. The number of carbonyl (C=O) groups is 1. The molecule has 2 aromatic heterocycles. The molecule has 1 fully saturated rings. The predicted octanol–water partition coefficient (Wildman–Crippen LogP) is 4.77. The highest BCUT2D eigenvalue weighted by molar-refractivity contribution is 7.29. The molecule has 0 spiro atoms. The fraction of sp³-hybridized carbons (Fsp3) is 0.333. The van der Waals surface area contributed by atoms with Crippen molar-refractivity contribution in [1.29, 1.82) is 0 Å². The van der Waals surface area contributed by atoms with Gasteiger partial charge in [-0.3, -0.25) is 4.79 Å². The second-order valence-corrected chi connectivity index (χ2v) is 8.21. The van der Waals surface area contributed by atoms with Gasteiger partial charge in [-0.25, -0.2) is 4.98 Å². The molecule has 0 radical (unpaired) electrons. The summed E-state index contributed by atoms with van der Waals surface area (Å²) in [5.74, 6) is 0.141. The van der Waals surface area contributed by atoms with Gasteiger partial charge in [0.05, 0.1) is 9.58 Å². The molecule has 146 valence electrons. The molecule has 5 nitrogen and oxygen atoms in total. The van der Waals surface area contributed by atoms with E-state index in [-0.39, 0.29) is 30.7 Å². The number of anilines is 2. The Morgan fingerprint density at radius 1 is 1.15 bits per heavy atom. The number of likely N-dealkylation sites (tertiary alicyclic amines) is 1. The lowest BCUT2D eigenvalue weighted by atomic mass is 10.1. The summed E-state index contributed by atoms with van der Waals surface area (Å²) in [6.07, 6.45) is 2.04. The normalized spacial score (nSPS) is 14.5. The molecule has 2 N–H and O–H groups in total. The Bertz CT molecular complexity index is 845. The van der Waals surface area contributed by atoms with Crippen LogP contribution in [-0.2, 0) is 0 Å². The predicted molar refractivity (Wildman–Crippen MR) is 120 cm³/mol. The number of halogens is 2. The lowest BCUT2D eigenvalue weighted by molar-refractivity contribution is 0.0712. The Kier molecular flexibility index (Phi) is 7.88. The van der Waals surface area contributed by atoms with Crippen LogP contribution in [-0.4, -0.2) is 42.0 Å². The first kappa shape index (κ1) is 21.9. The SMILES string of the molecule is CNC1CCN(C(=O)c2cc3sc(Nc4ccccc4)nc3s2)CC1.Cl.Cl. The number of benzene rings is 1. The van der Waals surface area contributed by atoms with E-state index in [1.807, 2.05) is 48.3 Å². The Balaban J connectivity index is 0.00000131. The first-order valence-electron chi connectivity index (χ1n) is 8.42. The maximum atomic E-state index is 12.7. The molecule has 27 heavy (non-hydrogen) atoms. The lowest BCUT2D eigenvalue weighted by Gasteiger charge is -2.31. The molecule has 3 heterocycles. The fourth-order valence-corrected chi connectivity index (χ4v) is 5.17. The number of nitrogens with one attached hydrogen (secondary N) is 2. The molecule has 1 saturated heterocycles. The highest BCUT2D eigenvalue weighted by atomic mass is 35.5. The first-order valence-corrected chi connectivity index (χ1v) is 10.1. The largest absolute Gasteiger partial charge is 0.338 e. The zero-order valence-corrected chi connectivity index (χ0v) is 18.1. The van der Waals surface area contributed by atoms with E-state index in [0.717, 1.165) is 51.2 Å². The van der Waals surface area contributed by atoms with Crippen molar-refractivity contribution < 1.29 is 4.79 Å². The molecular weight excluding hydrogens is 423 g/mol. The Morgan fingerprint density at radius 3 is 2.48 bits per heavy atom. The number of nitrogens with zero attached hydrogens (tertiary/aromatic N) is 2. The van der Waals surface area contributed by atoms with Gasteiger partial charge in [0.2, 0.25) is 0 Å². The van der Waals surface area contributed by atoms with Crippen LogP contribution in [0, 0.1) is 0 Å². The van der Waals surface area contributed by atoms with Gasteiger partial charge in [0, 0.05) is 24.8 Å². The summed E-state index contributed by atoms with van der Waals surface area (Å²) in [6, 6.07) is 12.5. The number of hydrogen-bond acceptors (Lipinski definition) is 6. The summed E-state index contributed by atoms with van der Waals surface area (Å²) < 4.78 is 1.07. The van der Waals surface area contributed by atoms with E-state index in [9.17, 15) is 4.79 Å². The third kappa shape index (κ3) is 4.92. The number of carbonyl (C=O) groups excluding carboxylic acids is 1. The van der Waals surface area contributed by atoms with Gasteiger partial charge < -0.3 is 15.5 Å². The van der Waals surface area contributed by atoms with Gasteiger partial charge in [-0.15, -0.1) is 36.2 Å². The maximum absolute atomic E-state index is 12.7. The van der Waals surface area contributed by atoms with Crippen LogP contribution in [0.3, 0.4) is 0 Å².